The van der Waals surface area contributed by atoms with E-state index in [1.165, 1.54) is 31.0 Å². The van der Waals surface area contributed by atoms with Gasteiger partial charge in [0.2, 0.25) is 0 Å². The lowest BCUT2D eigenvalue weighted by Crippen LogP contribution is -2.39. The number of allylic oxidation sites excluding steroid dienone is 1. The van der Waals surface area contributed by atoms with Crippen LogP contribution in [0.1, 0.15) is 62.3 Å². The molecule has 1 saturated heterocycles. The number of benzene rings is 3. The number of rotatable bonds is 8. The molecule has 2 fully saturated rings. The third-order valence-electron chi connectivity index (χ3n) is 8.62. The molecule has 3 atom stereocenters. The molecule has 1 N–H and O–H groups in total. The third-order valence-corrected chi connectivity index (χ3v) is 9.73. The summed E-state index contributed by atoms with van der Waals surface area (Å²) in [6.45, 7) is 6.01. The van der Waals surface area contributed by atoms with E-state index in [2.05, 4.69) is 18.7 Å². The van der Waals surface area contributed by atoms with Crippen molar-refractivity contribution < 1.29 is 31.8 Å². The minimum Gasteiger partial charge on any atom is -0.505 e. The molecule has 222 valence electrons. The molecule has 1 unspecified atom stereocenters. The predicted molar refractivity (Wildman–Crippen MR) is 157 cm³/mol. The van der Waals surface area contributed by atoms with Crippen LogP contribution in [0.5, 0.6) is 17.2 Å². The Morgan fingerprint density at radius 2 is 1.74 bits per heavy atom. The van der Waals surface area contributed by atoms with Crippen LogP contribution >= 0.6 is 0 Å². The van der Waals surface area contributed by atoms with E-state index in [9.17, 15) is 17.9 Å². The maximum atomic E-state index is 15.6. The van der Waals surface area contributed by atoms with Gasteiger partial charge in [0.05, 0.1) is 4.90 Å². The summed E-state index contributed by atoms with van der Waals surface area (Å²) in [7, 11) is -3.63. The van der Waals surface area contributed by atoms with E-state index in [1.807, 2.05) is 24.3 Å². The van der Waals surface area contributed by atoms with Crippen molar-refractivity contribution in [2.75, 3.05) is 19.4 Å². The smallest absolute Gasteiger partial charge is 0.175 e. The number of fused-ring (bicyclic) bond motifs is 1. The Kier molecular flexibility index (Phi) is 7.51. The molecule has 1 saturated carbocycles. The first-order valence-corrected chi connectivity index (χ1v) is 16.3. The van der Waals surface area contributed by atoms with Crippen molar-refractivity contribution >= 4 is 21.0 Å². The molecule has 0 spiro atoms. The second-order valence-electron chi connectivity index (χ2n) is 11.8. The minimum absolute atomic E-state index is 0.0155. The second kappa shape index (κ2) is 11.0. The lowest BCUT2D eigenvalue weighted by molar-refractivity contribution is 0.141. The van der Waals surface area contributed by atoms with Crippen LogP contribution in [0.15, 0.2) is 59.5 Å². The van der Waals surface area contributed by atoms with Crippen LogP contribution in [-0.4, -0.2) is 49.9 Å². The van der Waals surface area contributed by atoms with Crippen molar-refractivity contribution in [1.82, 2.24) is 4.90 Å². The summed E-state index contributed by atoms with van der Waals surface area (Å²) in [6, 6.07) is 14.4. The summed E-state index contributed by atoms with van der Waals surface area (Å²) in [4.78, 5) is 2.44. The van der Waals surface area contributed by atoms with Gasteiger partial charge < -0.3 is 14.6 Å². The number of ether oxygens (including phenoxy) is 2. The molecule has 3 aromatic carbocycles. The summed E-state index contributed by atoms with van der Waals surface area (Å²) in [5.41, 5.74) is 2.48. The van der Waals surface area contributed by atoms with Crippen LogP contribution in [0, 0.1) is 17.6 Å². The van der Waals surface area contributed by atoms with Crippen LogP contribution in [0.2, 0.25) is 0 Å². The highest BCUT2D eigenvalue weighted by Gasteiger charge is 2.40. The van der Waals surface area contributed by atoms with Crippen molar-refractivity contribution in [2.24, 2.45) is 5.92 Å². The van der Waals surface area contributed by atoms with Gasteiger partial charge in [-0.1, -0.05) is 12.1 Å². The van der Waals surface area contributed by atoms with Gasteiger partial charge in [0.25, 0.3) is 0 Å². The van der Waals surface area contributed by atoms with Crippen LogP contribution in [0.4, 0.5) is 8.78 Å². The third kappa shape index (κ3) is 5.52. The number of halogens is 2. The summed E-state index contributed by atoms with van der Waals surface area (Å²) in [6.07, 6.45) is 4.28. The molecule has 3 aromatic rings. The first-order chi connectivity index (χ1) is 20.0. The molecular formula is C33H35F2NO5S. The normalized spacial score (nSPS) is 21.6. The summed E-state index contributed by atoms with van der Waals surface area (Å²) < 4.78 is 67.4. The Labute approximate surface area is 245 Å². The van der Waals surface area contributed by atoms with Gasteiger partial charge in [0, 0.05) is 41.1 Å². The van der Waals surface area contributed by atoms with Gasteiger partial charge >= 0.3 is 0 Å². The fraction of sp³-hybridized carbons (Fsp3) is 0.394. The van der Waals surface area contributed by atoms with Crippen molar-refractivity contribution in [3.05, 3.63) is 82.9 Å². The van der Waals surface area contributed by atoms with E-state index < -0.39 is 33.3 Å². The zero-order valence-corrected chi connectivity index (χ0v) is 24.8. The molecule has 6 nitrogen and oxygen atoms in total. The predicted octanol–water partition coefficient (Wildman–Crippen LogP) is 6.78. The zero-order chi connectivity index (χ0) is 29.8. The van der Waals surface area contributed by atoms with E-state index in [1.54, 1.807) is 0 Å². The number of hydrogen-bond donors (Lipinski definition) is 1. The molecule has 2 heterocycles. The van der Waals surface area contributed by atoms with Gasteiger partial charge in [-0.3, -0.25) is 4.90 Å². The van der Waals surface area contributed by atoms with Gasteiger partial charge in [0.1, 0.15) is 30.0 Å². The summed E-state index contributed by atoms with van der Waals surface area (Å²) in [5, 5.41) is 10.2. The van der Waals surface area contributed by atoms with Crippen molar-refractivity contribution in [3.63, 3.8) is 0 Å². The first-order valence-electron chi connectivity index (χ1n) is 14.4. The molecule has 6 rings (SSSR count). The quantitative estimate of drug-likeness (QED) is 0.290. The molecule has 9 heteroatoms. The van der Waals surface area contributed by atoms with E-state index in [0.29, 0.717) is 35.1 Å². The fourth-order valence-corrected chi connectivity index (χ4v) is 6.91. The van der Waals surface area contributed by atoms with Crippen molar-refractivity contribution in [3.8, 4) is 17.2 Å². The maximum Gasteiger partial charge on any atom is 0.175 e. The number of sulfone groups is 1. The average molecular weight is 596 g/mol. The number of nitrogens with zero attached hydrogens (tertiary/aromatic N) is 1. The molecule has 0 amide bonds. The van der Waals surface area contributed by atoms with E-state index in [4.69, 9.17) is 9.47 Å². The summed E-state index contributed by atoms with van der Waals surface area (Å²) in [5.74, 6) is -0.978. The van der Waals surface area contributed by atoms with Gasteiger partial charge in [0.15, 0.2) is 21.4 Å². The highest BCUT2D eigenvalue weighted by atomic mass is 32.2. The first kappa shape index (κ1) is 28.7. The Balaban J connectivity index is 1.41. The van der Waals surface area contributed by atoms with E-state index >= 15 is 4.39 Å². The lowest BCUT2D eigenvalue weighted by atomic mass is 9.83. The SMILES string of the molecule is C[C@@H]1CCCN1[C@@H](C)COc1ccc(C2Oc3cc(F)c(O)cc3C(C3CC3)=C2c2cc(S(C)(=O)=O)ccc2F)cc1. The second-order valence-corrected chi connectivity index (χ2v) is 13.8. The standard InChI is InChI=1S/C33H35F2NO5S/c1-19-5-4-14-36(19)20(2)18-40-23-10-8-22(9-11-23)33-32(25-15-24(42(3,38)39)12-13-27(25)34)31(21-6-7-21)26-16-29(37)28(35)17-30(26)41-33/h8-13,15-17,19-21,33,37H,4-7,14,18H2,1-3H3/t19-,20+,33?/m1/s1. The minimum atomic E-state index is -3.63. The molecule has 0 bridgehead atoms. The molecule has 0 radical (unpaired) electrons. The molecular weight excluding hydrogens is 560 g/mol. The largest absolute Gasteiger partial charge is 0.505 e. The number of aromatic hydroxyl groups is 1. The lowest BCUT2D eigenvalue weighted by Gasteiger charge is -2.33. The number of hydrogen-bond acceptors (Lipinski definition) is 6. The van der Waals surface area contributed by atoms with Crippen molar-refractivity contribution in [1.29, 1.82) is 0 Å². The van der Waals surface area contributed by atoms with Crippen molar-refractivity contribution in [2.45, 2.75) is 62.6 Å². The Bertz CT molecular complexity index is 1650. The Morgan fingerprint density at radius 1 is 1.00 bits per heavy atom. The number of phenolic OH excluding ortho intramolecular Hbond substituents is 1. The van der Waals surface area contributed by atoms with Gasteiger partial charge in [-0.05, 0) is 99.5 Å². The van der Waals surface area contributed by atoms with E-state index in [-0.39, 0.29) is 28.2 Å². The topological polar surface area (TPSA) is 76.1 Å². The molecule has 0 aromatic heterocycles. The van der Waals surface area contributed by atoms with Gasteiger partial charge in [-0.25, -0.2) is 17.2 Å². The summed E-state index contributed by atoms with van der Waals surface area (Å²) >= 11 is 0. The van der Waals surface area contributed by atoms with Crippen LogP contribution in [0.25, 0.3) is 11.1 Å². The van der Waals surface area contributed by atoms with Gasteiger partial charge in [-0.2, -0.15) is 0 Å². The van der Waals surface area contributed by atoms with E-state index in [0.717, 1.165) is 43.3 Å². The Morgan fingerprint density at radius 3 is 2.38 bits per heavy atom. The van der Waals surface area contributed by atoms with Crippen LogP contribution < -0.4 is 9.47 Å². The number of phenols is 1. The van der Waals surface area contributed by atoms with Crippen LogP contribution in [-0.2, 0) is 9.84 Å². The maximum absolute atomic E-state index is 15.6. The highest BCUT2D eigenvalue weighted by Crippen LogP contribution is 2.56. The van der Waals surface area contributed by atoms with Gasteiger partial charge in [-0.15, -0.1) is 0 Å². The highest BCUT2D eigenvalue weighted by molar-refractivity contribution is 7.90. The monoisotopic (exact) mass is 595 g/mol. The Hall–Kier alpha value is -3.43. The fourth-order valence-electron chi connectivity index (χ4n) is 6.26. The molecule has 3 aliphatic rings. The molecule has 2 aliphatic heterocycles. The van der Waals surface area contributed by atoms with Crippen LogP contribution in [0.3, 0.4) is 0 Å². The molecule has 42 heavy (non-hydrogen) atoms. The average Bonchev–Trinajstić information content (AvgIpc) is 3.70. The number of likely N-dealkylation sites (tertiary alicyclic amines) is 1. The molecule has 1 aliphatic carbocycles. The zero-order valence-electron chi connectivity index (χ0n) is 23.9.